The molecule has 0 fully saturated rings. The van der Waals surface area contributed by atoms with Crippen LogP contribution in [0.25, 0.3) is 77.5 Å². The maximum absolute atomic E-state index is 4.81. The van der Waals surface area contributed by atoms with E-state index in [-0.39, 0.29) is 0 Å². The summed E-state index contributed by atoms with van der Waals surface area (Å²) in [5.74, 6) is 0. The number of aromatic nitrogens is 4. The first-order valence-electron chi connectivity index (χ1n) is 14.8. The zero-order valence-corrected chi connectivity index (χ0v) is 23.8. The molecule has 3 aromatic heterocycles. The van der Waals surface area contributed by atoms with Crippen LogP contribution in [-0.2, 0) is 0 Å². The molecule has 4 nitrogen and oxygen atoms in total. The molecular weight excluding hydrogens is 536 g/mol. The van der Waals surface area contributed by atoms with Crippen LogP contribution in [-0.4, -0.2) is 19.1 Å². The van der Waals surface area contributed by atoms with Gasteiger partial charge >= 0.3 is 0 Å². The van der Waals surface area contributed by atoms with Crippen molar-refractivity contribution < 1.29 is 0 Å². The zero-order valence-electron chi connectivity index (χ0n) is 23.8. The van der Waals surface area contributed by atoms with Gasteiger partial charge in [0.15, 0.2) is 0 Å². The molecule has 44 heavy (non-hydrogen) atoms. The number of rotatable bonds is 4. The van der Waals surface area contributed by atoms with Gasteiger partial charge in [-0.25, -0.2) is 0 Å². The third-order valence-corrected chi connectivity index (χ3v) is 8.60. The van der Waals surface area contributed by atoms with Crippen molar-refractivity contribution in [2.45, 2.75) is 0 Å². The molecular formula is C40H26N4. The number of hydrogen-bond donors (Lipinski definition) is 0. The Labute approximate surface area is 254 Å². The third kappa shape index (κ3) is 3.78. The van der Waals surface area contributed by atoms with Crippen molar-refractivity contribution in [3.8, 4) is 33.9 Å². The molecule has 0 amide bonds. The molecule has 0 aliphatic carbocycles. The Morgan fingerprint density at radius 2 is 0.841 bits per heavy atom. The molecule has 0 saturated heterocycles. The summed E-state index contributed by atoms with van der Waals surface area (Å²) in [4.78, 5) is 9.55. The van der Waals surface area contributed by atoms with Crippen molar-refractivity contribution in [3.05, 3.63) is 158 Å². The highest BCUT2D eigenvalue weighted by Crippen LogP contribution is 2.39. The highest BCUT2D eigenvalue weighted by atomic mass is 15.0. The van der Waals surface area contributed by atoms with Gasteiger partial charge in [-0.2, -0.15) is 0 Å². The van der Waals surface area contributed by atoms with Gasteiger partial charge in [-0.1, -0.05) is 97.1 Å². The van der Waals surface area contributed by atoms with Crippen LogP contribution in [0.2, 0.25) is 0 Å². The summed E-state index contributed by atoms with van der Waals surface area (Å²) in [6.07, 6.45) is 3.73. The summed E-state index contributed by atoms with van der Waals surface area (Å²) in [6, 6.07) is 51.5. The summed E-state index contributed by atoms with van der Waals surface area (Å²) >= 11 is 0. The van der Waals surface area contributed by atoms with Gasteiger partial charge in [-0.05, 0) is 48.5 Å². The van der Waals surface area contributed by atoms with E-state index in [2.05, 4.69) is 137 Å². The zero-order chi connectivity index (χ0) is 29.0. The summed E-state index contributed by atoms with van der Waals surface area (Å²) in [6.45, 7) is 0. The number of para-hydroxylation sites is 3. The second-order valence-electron chi connectivity index (χ2n) is 11.1. The van der Waals surface area contributed by atoms with Gasteiger partial charge in [0.2, 0.25) is 0 Å². The van der Waals surface area contributed by atoms with Gasteiger partial charge in [-0.3, -0.25) is 9.97 Å². The molecule has 0 unspecified atom stereocenters. The van der Waals surface area contributed by atoms with E-state index in [1.807, 2.05) is 30.6 Å². The van der Waals surface area contributed by atoms with E-state index in [4.69, 9.17) is 9.97 Å². The Balaban J connectivity index is 1.27. The minimum absolute atomic E-state index is 0.846. The molecule has 9 aromatic rings. The van der Waals surface area contributed by atoms with Gasteiger partial charge in [-0.15, -0.1) is 0 Å². The minimum atomic E-state index is 0.846. The monoisotopic (exact) mass is 562 g/mol. The molecule has 0 aliphatic rings. The molecule has 3 heterocycles. The molecule has 0 radical (unpaired) electrons. The molecule has 0 bridgehead atoms. The highest BCUT2D eigenvalue weighted by Gasteiger charge is 2.18. The molecule has 0 saturated carbocycles. The average Bonchev–Trinajstić information content (AvgIpc) is 3.60. The summed E-state index contributed by atoms with van der Waals surface area (Å²) in [5, 5.41) is 4.98. The van der Waals surface area contributed by atoms with Crippen molar-refractivity contribution in [2.75, 3.05) is 0 Å². The lowest BCUT2D eigenvalue weighted by atomic mass is 10.1. The van der Waals surface area contributed by atoms with Crippen molar-refractivity contribution in [2.24, 2.45) is 0 Å². The van der Waals surface area contributed by atoms with E-state index < -0.39 is 0 Å². The molecule has 9 rings (SSSR count). The minimum Gasteiger partial charge on any atom is -0.309 e. The lowest BCUT2D eigenvalue weighted by molar-refractivity contribution is 1.16. The Hall–Kier alpha value is -6.00. The van der Waals surface area contributed by atoms with Crippen LogP contribution in [0.15, 0.2) is 158 Å². The van der Waals surface area contributed by atoms with Crippen molar-refractivity contribution in [3.63, 3.8) is 0 Å². The van der Waals surface area contributed by atoms with Crippen LogP contribution in [0, 0.1) is 0 Å². The first-order valence-corrected chi connectivity index (χ1v) is 14.8. The lowest BCUT2D eigenvalue weighted by Gasteiger charge is -2.11. The smallest absolute Gasteiger partial charge is 0.0886 e. The van der Waals surface area contributed by atoms with Crippen molar-refractivity contribution in [1.82, 2.24) is 19.1 Å². The van der Waals surface area contributed by atoms with Gasteiger partial charge in [0.25, 0.3) is 0 Å². The second kappa shape index (κ2) is 9.79. The van der Waals surface area contributed by atoms with Gasteiger partial charge < -0.3 is 9.13 Å². The van der Waals surface area contributed by atoms with Crippen LogP contribution < -0.4 is 0 Å². The van der Waals surface area contributed by atoms with E-state index in [9.17, 15) is 0 Å². The first-order chi connectivity index (χ1) is 21.8. The van der Waals surface area contributed by atoms with Crippen LogP contribution >= 0.6 is 0 Å². The topological polar surface area (TPSA) is 35.6 Å². The molecule has 0 atom stereocenters. The van der Waals surface area contributed by atoms with Crippen molar-refractivity contribution in [1.29, 1.82) is 0 Å². The molecule has 0 N–H and O–H groups in total. The highest BCUT2D eigenvalue weighted by molar-refractivity contribution is 6.19. The molecule has 4 heteroatoms. The number of fused-ring (bicyclic) bond motifs is 6. The van der Waals surface area contributed by atoms with Crippen LogP contribution in [0.4, 0.5) is 0 Å². The second-order valence-corrected chi connectivity index (χ2v) is 11.1. The van der Waals surface area contributed by atoms with Gasteiger partial charge in [0, 0.05) is 44.0 Å². The van der Waals surface area contributed by atoms with Gasteiger partial charge in [0.1, 0.15) is 0 Å². The average molecular weight is 563 g/mol. The Morgan fingerprint density at radius 1 is 0.341 bits per heavy atom. The first kappa shape index (κ1) is 24.6. The summed E-state index contributed by atoms with van der Waals surface area (Å²) in [5.41, 5.74) is 10.8. The fourth-order valence-electron chi connectivity index (χ4n) is 6.60. The van der Waals surface area contributed by atoms with Crippen LogP contribution in [0.1, 0.15) is 0 Å². The fraction of sp³-hybridized carbons (Fsp3) is 0. The largest absolute Gasteiger partial charge is 0.309 e. The summed E-state index contributed by atoms with van der Waals surface area (Å²) < 4.78 is 4.76. The van der Waals surface area contributed by atoms with E-state index in [0.29, 0.717) is 0 Å². The number of hydrogen-bond acceptors (Lipinski definition) is 2. The Bertz CT molecular complexity index is 2470. The van der Waals surface area contributed by atoms with E-state index >= 15 is 0 Å². The fourth-order valence-corrected chi connectivity index (χ4v) is 6.60. The van der Waals surface area contributed by atoms with E-state index in [1.165, 1.54) is 43.6 Å². The normalized spacial score (nSPS) is 11.6. The third-order valence-electron chi connectivity index (χ3n) is 8.60. The number of benzene rings is 6. The number of nitrogens with zero attached hydrogens (tertiary/aromatic N) is 4. The molecule has 206 valence electrons. The van der Waals surface area contributed by atoms with Crippen LogP contribution in [0.5, 0.6) is 0 Å². The van der Waals surface area contributed by atoms with Crippen LogP contribution in [0.3, 0.4) is 0 Å². The maximum atomic E-state index is 4.81. The Morgan fingerprint density at radius 3 is 1.48 bits per heavy atom. The molecule has 0 spiro atoms. The quantitative estimate of drug-likeness (QED) is 0.214. The van der Waals surface area contributed by atoms with E-state index in [1.54, 1.807) is 0 Å². The standard InChI is InChI=1S/C40H26N4/c1-3-12-27(13-4-1)35-25-42-36(26-41-35)28-14-11-17-30(22-28)44-38-21-10-8-19-32(38)34-23-33-31-18-7-9-20-37(31)43(39(33)24-40(34)44)29-15-5-2-6-16-29/h1-26H. The van der Waals surface area contributed by atoms with E-state index in [0.717, 1.165) is 33.9 Å². The Kier molecular flexibility index (Phi) is 5.47. The SMILES string of the molecule is c1ccc(-c2cnc(-c3cccc(-n4c5ccccc5c5cc6c7ccccc7n(-c7ccccc7)c6cc54)c3)cn2)cc1. The summed E-state index contributed by atoms with van der Waals surface area (Å²) in [7, 11) is 0. The lowest BCUT2D eigenvalue weighted by Crippen LogP contribution is -1.96. The van der Waals surface area contributed by atoms with Crippen molar-refractivity contribution >= 4 is 43.6 Å². The molecule has 6 aromatic carbocycles. The maximum Gasteiger partial charge on any atom is 0.0886 e. The predicted octanol–water partition coefficient (Wildman–Crippen LogP) is 10.0. The predicted molar refractivity (Wildman–Crippen MR) is 182 cm³/mol. The van der Waals surface area contributed by atoms with Gasteiger partial charge in [0.05, 0.1) is 45.8 Å². The molecule has 0 aliphatic heterocycles.